The highest BCUT2D eigenvalue weighted by Crippen LogP contribution is 2.17. The van der Waals surface area contributed by atoms with Crippen molar-refractivity contribution in [3.05, 3.63) is 18.2 Å². The summed E-state index contributed by atoms with van der Waals surface area (Å²) in [6.07, 6.45) is 5.81. The second-order valence-corrected chi connectivity index (χ2v) is 5.96. The molecule has 1 atom stereocenters. The lowest BCUT2D eigenvalue weighted by atomic mass is 9.96. The summed E-state index contributed by atoms with van der Waals surface area (Å²) in [4.78, 5) is 16.0. The molecule has 0 bridgehead atoms. The Bertz CT molecular complexity index is 514. The first-order valence-electron chi connectivity index (χ1n) is 6.93. The Kier molecular flexibility index (Phi) is 4.28. The fourth-order valence-corrected chi connectivity index (χ4v) is 2.24. The topological polar surface area (TPSA) is 82.7 Å². The summed E-state index contributed by atoms with van der Waals surface area (Å²) in [7, 11) is 0. The molecule has 1 aliphatic rings. The number of carbonyl (C=O) groups is 1. The average molecular weight is 275 g/mol. The Hall–Kier alpha value is -2.03. The SMILES string of the molecule is CC(C)(C#N)CNC(=O)NC[C@@H]1CCc2nccn2C1. The standard InChI is InChI=1S/C14H21N5O/c1-14(2,9-15)10-18-13(20)17-7-11-3-4-12-16-5-6-19(12)8-11/h5-6,11H,3-4,7-8,10H2,1-2H3,(H2,17,18,20)/t11-/m0/s1. The van der Waals surface area contributed by atoms with E-state index in [0.29, 0.717) is 19.0 Å². The number of rotatable bonds is 4. The van der Waals surface area contributed by atoms with E-state index in [9.17, 15) is 4.79 Å². The molecule has 2 heterocycles. The van der Waals surface area contributed by atoms with Crippen LogP contribution in [0.5, 0.6) is 0 Å². The Morgan fingerprint density at radius 2 is 2.40 bits per heavy atom. The molecule has 0 fully saturated rings. The smallest absolute Gasteiger partial charge is 0.314 e. The second-order valence-electron chi connectivity index (χ2n) is 5.96. The number of carbonyl (C=O) groups excluding carboxylic acids is 1. The second kappa shape index (κ2) is 5.95. The summed E-state index contributed by atoms with van der Waals surface area (Å²) in [6.45, 7) is 5.51. The maximum Gasteiger partial charge on any atom is 0.314 e. The van der Waals surface area contributed by atoms with Crippen LogP contribution in [0.2, 0.25) is 0 Å². The van der Waals surface area contributed by atoms with Crippen molar-refractivity contribution in [2.75, 3.05) is 13.1 Å². The molecule has 0 saturated heterocycles. The summed E-state index contributed by atoms with van der Waals surface area (Å²) < 4.78 is 2.15. The zero-order valence-corrected chi connectivity index (χ0v) is 12.0. The molecule has 2 rings (SSSR count). The van der Waals surface area contributed by atoms with Crippen molar-refractivity contribution >= 4 is 6.03 Å². The highest BCUT2D eigenvalue weighted by Gasteiger charge is 2.20. The van der Waals surface area contributed by atoms with Crippen molar-refractivity contribution < 1.29 is 4.79 Å². The van der Waals surface area contributed by atoms with Crippen molar-refractivity contribution in [3.63, 3.8) is 0 Å². The number of imidazole rings is 1. The first-order valence-corrected chi connectivity index (χ1v) is 6.93. The van der Waals surface area contributed by atoms with Gasteiger partial charge in [0, 0.05) is 38.4 Å². The van der Waals surface area contributed by atoms with Gasteiger partial charge in [-0.05, 0) is 26.2 Å². The lowest BCUT2D eigenvalue weighted by Crippen LogP contribution is -2.43. The van der Waals surface area contributed by atoms with Crippen molar-refractivity contribution in [2.45, 2.75) is 33.2 Å². The van der Waals surface area contributed by atoms with Crippen molar-refractivity contribution in [3.8, 4) is 6.07 Å². The molecule has 2 N–H and O–H groups in total. The fourth-order valence-electron chi connectivity index (χ4n) is 2.24. The minimum Gasteiger partial charge on any atom is -0.338 e. The van der Waals surface area contributed by atoms with Crippen molar-refractivity contribution in [1.82, 2.24) is 20.2 Å². The predicted molar refractivity (Wildman–Crippen MR) is 74.8 cm³/mol. The number of aromatic nitrogens is 2. The maximum atomic E-state index is 11.7. The third-order valence-corrected chi connectivity index (χ3v) is 3.58. The molecule has 0 saturated carbocycles. The fraction of sp³-hybridized carbons (Fsp3) is 0.643. The quantitative estimate of drug-likeness (QED) is 0.868. The van der Waals surface area contributed by atoms with Crippen molar-refractivity contribution in [2.24, 2.45) is 11.3 Å². The number of hydrogen-bond donors (Lipinski definition) is 2. The van der Waals surface area contributed by atoms with Gasteiger partial charge in [0.2, 0.25) is 0 Å². The number of fused-ring (bicyclic) bond motifs is 1. The van der Waals surface area contributed by atoms with Crippen LogP contribution < -0.4 is 10.6 Å². The zero-order chi connectivity index (χ0) is 14.6. The molecule has 1 aliphatic heterocycles. The molecule has 1 aromatic heterocycles. The van der Waals surface area contributed by atoms with E-state index >= 15 is 0 Å². The molecule has 0 unspecified atom stereocenters. The van der Waals surface area contributed by atoms with Gasteiger partial charge in [0.15, 0.2) is 0 Å². The number of nitrogens with zero attached hydrogens (tertiary/aromatic N) is 3. The summed E-state index contributed by atoms with van der Waals surface area (Å²) in [5.74, 6) is 1.56. The average Bonchev–Trinajstić information content (AvgIpc) is 2.90. The van der Waals surface area contributed by atoms with E-state index < -0.39 is 5.41 Å². The number of urea groups is 1. The molecule has 1 aromatic rings. The van der Waals surface area contributed by atoms with Gasteiger partial charge in [-0.1, -0.05) is 0 Å². The van der Waals surface area contributed by atoms with Crippen LogP contribution in [-0.2, 0) is 13.0 Å². The first-order chi connectivity index (χ1) is 9.50. The Morgan fingerprint density at radius 1 is 1.60 bits per heavy atom. The number of aryl methyl sites for hydroxylation is 1. The highest BCUT2D eigenvalue weighted by molar-refractivity contribution is 5.73. The van der Waals surface area contributed by atoms with Crippen LogP contribution >= 0.6 is 0 Å². The lowest BCUT2D eigenvalue weighted by Gasteiger charge is -2.24. The van der Waals surface area contributed by atoms with Crippen LogP contribution in [0.25, 0.3) is 0 Å². The lowest BCUT2D eigenvalue weighted by molar-refractivity contribution is 0.233. The Morgan fingerprint density at radius 3 is 3.15 bits per heavy atom. The summed E-state index contributed by atoms with van der Waals surface area (Å²) in [5, 5.41) is 14.5. The van der Waals surface area contributed by atoms with Gasteiger partial charge in [-0.25, -0.2) is 9.78 Å². The maximum absolute atomic E-state index is 11.7. The van der Waals surface area contributed by atoms with E-state index in [-0.39, 0.29) is 6.03 Å². The van der Waals surface area contributed by atoms with E-state index in [1.807, 2.05) is 12.4 Å². The molecule has 0 aromatic carbocycles. The largest absolute Gasteiger partial charge is 0.338 e. The number of nitrogens with one attached hydrogen (secondary N) is 2. The first kappa shape index (κ1) is 14.4. The third-order valence-electron chi connectivity index (χ3n) is 3.58. The molecule has 0 aliphatic carbocycles. The monoisotopic (exact) mass is 275 g/mol. The van der Waals surface area contributed by atoms with Gasteiger partial charge in [0.25, 0.3) is 0 Å². The summed E-state index contributed by atoms with van der Waals surface area (Å²) in [5.41, 5.74) is -0.534. The van der Waals surface area contributed by atoms with E-state index in [2.05, 4.69) is 26.3 Å². The van der Waals surface area contributed by atoms with Crippen LogP contribution in [0.3, 0.4) is 0 Å². The van der Waals surface area contributed by atoms with E-state index in [1.165, 1.54) is 0 Å². The number of hydrogen-bond acceptors (Lipinski definition) is 3. The zero-order valence-electron chi connectivity index (χ0n) is 12.0. The van der Waals surface area contributed by atoms with Crippen molar-refractivity contribution in [1.29, 1.82) is 5.26 Å². The number of nitriles is 1. The Labute approximate surface area is 119 Å². The normalized spacial score (nSPS) is 17.9. The molecular weight excluding hydrogens is 254 g/mol. The number of amides is 2. The Balaban J connectivity index is 1.71. The van der Waals surface area contributed by atoms with Gasteiger partial charge in [-0.15, -0.1) is 0 Å². The molecule has 108 valence electrons. The molecule has 6 heteroatoms. The van der Waals surface area contributed by atoms with Gasteiger partial charge in [0.1, 0.15) is 5.82 Å². The molecule has 2 amide bonds. The van der Waals surface area contributed by atoms with Gasteiger partial charge < -0.3 is 15.2 Å². The molecule has 0 radical (unpaired) electrons. The summed E-state index contributed by atoms with van der Waals surface area (Å²) >= 11 is 0. The van der Waals surface area contributed by atoms with Crippen LogP contribution in [-0.4, -0.2) is 28.7 Å². The molecular formula is C14H21N5O. The molecule has 20 heavy (non-hydrogen) atoms. The van der Waals surface area contributed by atoms with Gasteiger partial charge in [-0.3, -0.25) is 0 Å². The van der Waals surface area contributed by atoms with Crippen LogP contribution in [0, 0.1) is 22.7 Å². The molecule has 6 nitrogen and oxygen atoms in total. The van der Waals surface area contributed by atoms with Crippen LogP contribution in [0.15, 0.2) is 12.4 Å². The third kappa shape index (κ3) is 3.73. The van der Waals surface area contributed by atoms with Gasteiger partial charge in [0.05, 0.1) is 11.5 Å². The minimum absolute atomic E-state index is 0.204. The molecule has 0 spiro atoms. The van der Waals surface area contributed by atoms with E-state index in [4.69, 9.17) is 5.26 Å². The highest BCUT2D eigenvalue weighted by atomic mass is 16.2. The van der Waals surface area contributed by atoms with E-state index in [0.717, 1.165) is 25.2 Å². The summed E-state index contributed by atoms with van der Waals surface area (Å²) in [6, 6.07) is 1.95. The minimum atomic E-state index is -0.534. The van der Waals surface area contributed by atoms with Gasteiger partial charge >= 0.3 is 6.03 Å². The van der Waals surface area contributed by atoms with E-state index in [1.54, 1.807) is 13.8 Å². The predicted octanol–water partition coefficient (Wildman–Crippen LogP) is 1.29. The van der Waals surface area contributed by atoms with Crippen LogP contribution in [0.1, 0.15) is 26.1 Å². The van der Waals surface area contributed by atoms with Gasteiger partial charge in [-0.2, -0.15) is 5.26 Å². The van der Waals surface area contributed by atoms with Crippen LogP contribution in [0.4, 0.5) is 4.79 Å².